The molecule has 0 radical (unpaired) electrons. The molecule has 1 aliphatic heterocycles. The largest absolute Gasteiger partial charge is 0.482 e. The minimum atomic E-state index is -1.09. The predicted octanol–water partition coefficient (Wildman–Crippen LogP) is 4.69. The van der Waals surface area contributed by atoms with Crippen LogP contribution in [0.4, 0.5) is 4.79 Å². The van der Waals surface area contributed by atoms with Gasteiger partial charge in [-0.2, -0.15) is 0 Å². The molecule has 1 saturated heterocycles. The SMILES string of the molecule is O=C(O)COc1cccc(/C=C2\SC(=O)N(Cc3c(Cl)cccc3Cl)C2=O)c1. The Balaban J connectivity index is 1.80. The van der Waals surface area contributed by atoms with Crippen molar-refractivity contribution in [3.05, 3.63) is 68.5 Å². The van der Waals surface area contributed by atoms with E-state index < -0.39 is 23.7 Å². The van der Waals surface area contributed by atoms with Crippen LogP contribution in [0.3, 0.4) is 0 Å². The molecular formula is C19H13Cl2NO5S. The molecule has 0 aromatic heterocycles. The van der Waals surface area contributed by atoms with Gasteiger partial charge in [0, 0.05) is 15.6 Å². The van der Waals surface area contributed by atoms with Crippen molar-refractivity contribution < 1.29 is 24.2 Å². The van der Waals surface area contributed by atoms with Gasteiger partial charge in [-0.1, -0.05) is 41.4 Å². The van der Waals surface area contributed by atoms with E-state index in [1.54, 1.807) is 48.5 Å². The second-order valence-electron chi connectivity index (χ2n) is 5.72. The van der Waals surface area contributed by atoms with Gasteiger partial charge < -0.3 is 9.84 Å². The summed E-state index contributed by atoms with van der Waals surface area (Å²) in [5.41, 5.74) is 1.10. The van der Waals surface area contributed by atoms with Gasteiger partial charge in [0.1, 0.15) is 5.75 Å². The summed E-state index contributed by atoms with van der Waals surface area (Å²) in [5, 5.41) is 9.00. The number of halogens is 2. The smallest absolute Gasteiger partial charge is 0.341 e. The summed E-state index contributed by atoms with van der Waals surface area (Å²) < 4.78 is 5.12. The first kappa shape index (κ1) is 20.3. The molecular weight excluding hydrogens is 425 g/mol. The Morgan fingerprint density at radius 3 is 2.50 bits per heavy atom. The lowest BCUT2D eigenvalue weighted by Crippen LogP contribution is -2.27. The summed E-state index contributed by atoms with van der Waals surface area (Å²) in [6.07, 6.45) is 1.55. The van der Waals surface area contributed by atoms with Crippen molar-refractivity contribution in [3.8, 4) is 5.75 Å². The fraction of sp³-hybridized carbons (Fsp3) is 0.105. The maximum absolute atomic E-state index is 12.7. The Morgan fingerprint density at radius 2 is 1.82 bits per heavy atom. The van der Waals surface area contributed by atoms with Gasteiger partial charge in [-0.05, 0) is 47.7 Å². The van der Waals surface area contributed by atoms with Crippen molar-refractivity contribution >= 4 is 58.2 Å². The van der Waals surface area contributed by atoms with E-state index in [1.807, 2.05) is 0 Å². The quantitative estimate of drug-likeness (QED) is 0.659. The molecule has 0 spiro atoms. The van der Waals surface area contributed by atoms with E-state index in [-0.39, 0.29) is 11.4 Å². The van der Waals surface area contributed by atoms with Gasteiger partial charge in [-0.3, -0.25) is 14.5 Å². The van der Waals surface area contributed by atoms with Crippen LogP contribution in [0.5, 0.6) is 5.75 Å². The van der Waals surface area contributed by atoms with E-state index in [9.17, 15) is 14.4 Å². The van der Waals surface area contributed by atoms with Crippen molar-refractivity contribution in [3.63, 3.8) is 0 Å². The molecule has 1 heterocycles. The number of aliphatic carboxylic acids is 1. The molecule has 144 valence electrons. The maximum Gasteiger partial charge on any atom is 0.341 e. The standard InChI is InChI=1S/C19H13Cl2NO5S/c20-14-5-2-6-15(21)13(14)9-22-18(25)16(28-19(22)26)8-11-3-1-4-12(7-11)27-10-17(23)24/h1-8H,9-10H2,(H,23,24)/b16-8-. The van der Waals surface area contributed by atoms with Crippen LogP contribution in [0.2, 0.25) is 10.0 Å². The van der Waals surface area contributed by atoms with Crippen LogP contribution in [0.25, 0.3) is 6.08 Å². The highest BCUT2D eigenvalue weighted by Crippen LogP contribution is 2.35. The number of benzene rings is 2. The van der Waals surface area contributed by atoms with Crippen molar-refractivity contribution in [1.29, 1.82) is 0 Å². The Hall–Kier alpha value is -2.48. The number of carbonyl (C=O) groups excluding carboxylic acids is 2. The normalized spacial score (nSPS) is 15.4. The van der Waals surface area contributed by atoms with Gasteiger partial charge in [0.2, 0.25) is 0 Å². The van der Waals surface area contributed by atoms with Crippen molar-refractivity contribution in [2.45, 2.75) is 6.54 Å². The first-order chi connectivity index (χ1) is 13.3. The van der Waals surface area contributed by atoms with Gasteiger partial charge >= 0.3 is 5.97 Å². The molecule has 0 saturated carbocycles. The molecule has 0 unspecified atom stereocenters. The number of carbonyl (C=O) groups is 3. The highest BCUT2D eigenvalue weighted by Gasteiger charge is 2.35. The average Bonchev–Trinajstić information content (AvgIpc) is 2.90. The summed E-state index contributed by atoms with van der Waals surface area (Å²) in [5.74, 6) is -1.20. The summed E-state index contributed by atoms with van der Waals surface area (Å²) in [4.78, 5) is 36.9. The summed E-state index contributed by atoms with van der Waals surface area (Å²) >= 11 is 13.1. The number of imide groups is 1. The van der Waals surface area contributed by atoms with E-state index >= 15 is 0 Å². The summed E-state index contributed by atoms with van der Waals surface area (Å²) in [6.45, 7) is -0.499. The van der Waals surface area contributed by atoms with Crippen molar-refractivity contribution in [1.82, 2.24) is 4.90 Å². The van der Waals surface area contributed by atoms with Crippen LogP contribution in [-0.4, -0.2) is 33.7 Å². The number of carboxylic acid groups (broad SMARTS) is 1. The van der Waals surface area contributed by atoms with E-state index in [0.29, 0.717) is 26.9 Å². The number of amides is 2. The minimum Gasteiger partial charge on any atom is -0.482 e. The Labute approximate surface area is 174 Å². The Morgan fingerprint density at radius 1 is 1.14 bits per heavy atom. The number of rotatable bonds is 6. The molecule has 3 rings (SSSR count). The minimum absolute atomic E-state index is 0.0255. The van der Waals surface area contributed by atoms with E-state index in [2.05, 4.69) is 0 Å². The number of hydrogen-bond donors (Lipinski definition) is 1. The third kappa shape index (κ3) is 4.67. The van der Waals surface area contributed by atoms with Gasteiger partial charge in [-0.15, -0.1) is 0 Å². The zero-order valence-electron chi connectivity index (χ0n) is 14.2. The molecule has 0 bridgehead atoms. The molecule has 0 aliphatic carbocycles. The zero-order chi connectivity index (χ0) is 20.3. The highest BCUT2D eigenvalue weighted by atomic mass is 35.5. The fourth-order valence-corrected chi connectivity index (χ4v) is 3.82. The third-order valence-corrected chi connectivity index (χ3v) is 5.39. The number of hydrogen-bond acceptors (Lipinski definition) is 5. The van der Waals surface area contributed by atoms with Gasteiger partial charge in [-0.25, -0.2) is 4.79 Å². The summed E-state index contributed by atoms with van der Waals surface area (Å²) in [6, 6.07) is 11.5. The van der Waals surface area contributed by atoms with Crippen LogP contribution < -0.4 is 4.74 Å². The van der Waals surface area contributed by atoms with Crippen LogP contribution in [0, 0.1) is 0 Å². The topological polar surface area (TPSA) is 83.9 Å². The third-order valence-electron chi connectivity index (χ3n) is 3.77. The zero-order valence-corrected chi connectivity index (χ0v) is 16.6. The van der Waals surface area contributed by atoms with Crippen LogP contribution >= 0.6 is 35.0 Å². The maximum atomic E-state index is 12.7. The highest BCUT2D eigenvalue weighted by molar-refractivity contribution is 8.18. The average molecular weight is 438 g/mol. The Bertz CT molecular complexity index is 972. The van der Waals surface area contributed by atoms with Crippen molar-refractivity contribution in [2.75, 3.05) is 6.61 Å². The molecule has 2 aromatic carbocycles. The van der Waals surface area contributed by atoms with E-state index in [4.69, 9.17) is 33.0 Å². The van der Waals surface area contributed by atoms with Crippen molar-refractivity contribution in [2.24, 2.45) is 0 Å². The monoisotopic (exact) mass is 437 g/mol. The van der Waals surface area contributed by atoms with Crippen LogP contribution in [-0.2, 0) is 16.1 Å². The predicted molar refractivity (Wildman–Crippen MR) is 108 cm³/mol. The molecule has 0 atom stereocenters. The first-order valence-corrected chi connectivity index (χ1v) is 9.55. The molecule has 1 fully saturated rings. The molecule has 28 heavy (non-hydrogen) atoms. The molecule has 1 aliphatic rings. The Kier molecular flexibility index (Phi) is 6.28. The molecule has 1 N–H and O–H groups in total. The van der Waals surface area contributed by atoms with Gasteiger partial charge in [0.25, 0.3) is 11.1 Å². The number of carboxylic acids is 1. The van der Waals surface area contributed by atoms with E-state index in [1.165, 1.54) is 0 Å². The van der Waals surface area contributed by atoms with Gasteiger partial charge in [0.05, 0.1) is 11.4 Å². The fourth-order valence-electron chi connectivity index (χ4n) is 2.47. The number of nitrogens with zero attached hydrogens (tertiary/aromatic N) is 1. The second-order valence-corrected chi connectivity index (χ2v) is 7.53. The lowest BCUT2D eigenvalue weighted by Gasteiger charge is -2.14. The molecule has 6 nitrogen and oxygen atoms in total. The number of thioether (sulfide) groups is 1. The van der Waals surface area contributed by atoms with Crippen LogP contribution in [0.15, 0.2) is 47.4 Å². The second kappa shape index (κ2) is 8.68. The molecule has 2 amide bonds. The summed E-state index contributed by atoms with van der Waals surface area (Å²) in [7, 11) is 0. The van der Waals surface area contributed by atoms with Gasteiger partial charge in [0.15, 0.2) is 6.61 Å². The lowest BCUT2D eigenvalue weighted by atomic mass is 10.2. The first-order valence-electron chi connectivity index (χ1n) is 7.98. The molecule has 2 aromatic rings. The van der Waals surface area contributed by atoms with Crippen LogP contribution in [0.1, 0.15) is 11.1 Å². The van der Waals surface area contributed by atoms with E-state index in [0.717, 1.165) is 16.7 Å². The lowest BCUT2D eigenvalue weighted by molar-refractivity contribution is -0.139. The molecule has 9 heteroatoms. The number of ether oxygens (including phenoxy) is 1.